The normalized spacial score (nSPS) is 16.8. The van der Waals surface area contributed by atoms with Crippen LogP contribution in [0.3, 0.4) is 0 Å². The average Bonchev–Trinajstić information content (AvgIpc) is 2.94. The number of aryl methyl sites for hydroxylation is 1. The van der Waals surface area contributed by atoms with Gasteiger partial charge in [-0.3, -0.25) is 4.57 Å². The molecular weight excluding hydrogens is 286 g/mol. The minimum atomic E-state index is -0.556. The number of aromatic nitrogens is 2. The molecule has 1 aliphatic heterocycles. The fourth-order valence-electron chi connectivity index (χ4n) is 2.94. The van der Waals surface area contributed by atoms with Crippen molar-refractivity contribution >= 4 is 22.7 Å². The molecule has 1 aromatic heterocycles. The number of hydrogen-bond acceptors (Lipinski definition) is 4. The van der Waals surface area contributed by atoms with Crippen LogP contribution >= 0.6 is 0 Å². The largest absolute Gasteiger partial charge is 0.324 e. The molecule has 1 aliphatic rings. The van der Waals surface area contributed by atoms with E-state index in [4.69, 9.17) is 5.73 Å². The van der Waals surface area contributed by atoms with Gasteiger partial charge in [0.1, 0.15) is 12.2 Å². The van der Waals surface area contributed by atoms with Crippen LogP contribution in [0.5, 0.6) is 0 Å². The smallest absolute Gasteiger partial charge is 0.210 e. The minimum absolute atomic E-state index is 0.504. The first-order valence-corrected chi connectivity index (χ1v) is 7.40. The van der Waals surface area contributed by atoms with Crippen molar-refractivity contribution in [3.8, 4) is 6.07 Å². The fourth-order valence-corrected chi connectivity index (χ4v) is 2.94. The molecule has 3 aromatic rings. The van der Waals surface area contributed by atoms with E-state index in [2.05, 4.69) is 16.4 Å². The molecule has 0 fully saturated rings. The summed E-state index contributed by atoms with van der Waals surface area (Å²) in [6.45, 7) is 2.03. The lowest BCUT2D eigenvalue weighted by atomic mass is 10.0. The molecule has 5 heteroatoms. The van der Waals surface area contributed by atoms with Gasteiger partial charge in [-0.05, 0) is 24.6 Å². The summed E-state index contributed by atoms with van der Waals surface area (Å²) >= 11 is 0. The van der Waals surface area contributed by atoms with Gasteiger partial charge in [0.15, 0.2) is 0 Å². The zero-order chi connectivity index (χ0) is 16.0. The molecule has 3 N–H and O–H groups in total. The molecule has 0 aliphatic carbocycles. The van der Waals surface area contributed by atoms with E-state index in [0.29, 0.717) is 11.5 Å². The number of imidazole rings is 1. The zero-order valence-corrected chi connectivity index (χ0v) is 12.6. The molecule has 0 saturated heterocycles. The van der Waals surface area contributed by atoms with Gasteiger partial charge < -0.3 is 11.1 Å². The number of anilines is 1. The van der Waals surface area contributed by atoms with Crippen LogP contribution in [0.2, 0.25) is 0 Å². The number of fused-ring (bicyclic) bond motifs is 3. The Hall–Kier alpha value is -3.10. The molecule has 0 bridgehead atoms. The molecule has 0 saturated carbocycles. The summed E-state index contributed by atoms with van der Waals surface area (Å²) in [4.78, 5) is 4.59. The topological polar surface area (TPSA) is 79.7 Å². The number of para-hydroxylation sites is 2. The molecule has 4 rings (SSSR count). The third kappa shape index (κ3) is 2.00. The Balaban J connectivity index is 1.92. The van der Waals surface area contributed by atoms with Gasteiger partial charge in [0.05, 0.1) is 22.3 Å². The summed E-state index contributed by atoms with van der Waals surface area (Å²) < 4.78 is 1.87. The Morgan fingerprint density at radius 3 is 2.65 bits per heavy atom. The number of nitriles is 1. The standard InChI is InChI=1S/C18H15N5/c1-11-6-8-12(9-7-11)16-13(10-19)17(20)23-15-5-3-2-4-14(15)21-18(23)22-16/h2-9,17H,20H2,1H3,(H,21,22)/t17-/m0/s1. The monoisotopic (exact) mass is 301 g/mol. The van der Waals surface area contributed by atoms with E-state index in [1.165, 1.54) is 5.56 Å². The SMILES string of the molecule is Cc1ccc(C2=C(C#N)[C@@H](N)n3c(nc4ccccc43)N2)cc1. The molecule has 0 unspecified atom stereocenters. The lowest BCUT2D eigenvalue weighted by Gasteiger charge is -2.26. The summed E-state index contributed by atoms with van der Waals surface area (Å²) in [5.74, 6) is 0.660. The highest BCUT2D eigenvalue weighted by Gasteiger charge is 2.28. The second-order valence-corrected chi connectivity index (χ2v) is 5.63. The highest BCUT2D eigenvalue weighted by atomic mass is 15.3. The van der Waals surface area contributed by atoms with Gasteiger partial charge in [-0.2, -0.15) is 5.26 Å². The summed E-state index contributed by atoms with van der Waals surface area (Å²) in [6.07, 6.45) is -0.556. The Morgan fingerprint density at radius 2 is 1.91 bits per heavy atom. The summed E-state index contributed by atoms with van der Waals surface area (Å²) in [7, 11) is 0. The number of benzene rings is 2. The van der Waals surface area contributed by atoms with Crippen LogP contribution in [0.4, 0.5) is 5.95 Å². The number of nitrogens with two attached hydrogens (primary N) is 1. The van der Waals surface area contributed by atoms with Gasteiger partial charge in [0.25, 0.3) is 0 Å². The van der Waals surface area contributed by atoms with Gasteiger partial charge in [-0.15, -0.1) is 0 Å². The zero-order valence-electron chi connectivity index (χ0n) is 12.6. The van der Waals surface area contributed by atoms with Crippen molar-refractivity contribution in [1.82, 2.24) is 9.55 Å². The van der Waals surface area contributed by atoms with Crippen LogP contribution in [0.25, 0.3) is 16.7 Å². The highest BCUT2D eigenvalue weighted by molar-refractivity contribution is 5.87. The van der Waals surface area contributed by atoms with E-state index in [9.17, 15) is 5.26 Å². The fraction of sp³-hybridized carbons (Fsp3) is 0.111. The maximum Gasteiger partial charge on any atom is 0.210 e. The van der Waals surface area contributed by atoms with Gasteiger partial charge in [-0.25, -0.2) is 4.98 Å². The van der Waals surface area contributed by atoms with E-state index in [-0.39, 0.29) is 0 Å². The molecule has 1 atom stereocenters. The van der Waals surface area contributed by atoms with Gasteiger partial charge >= 0.3 is 0 Å². The van der Waals surface area contributed by atoms with Gasteiger partial charge in [0, 0.05) is 0 Å². The predicted molar refractivity (Wildman–Crippen MR) is 90.3 cm³/mol. The van der Waals surface area contributed by atoms with Crippen molar-refractivity contribution in [1.29, 1.82) is 5.26 Å². The molecule has 2 aromatic carbocycles. The third-order valence-electron chi connectivity index (χ3n) is 4.14. The molecule has 0 spiro atoms. The first kappa shape index (κ1) is 13.6. The van der Waals surface area contributed by atoms with Crippen LogP contribution in [0, 0.1) is 18.3 Å². The van der Waals surface area contributed by atoms with Gasteiger partial charge in [0.2, 0.25) is 5.95 Å². The van der Waals surface area contributed by atoms with Crippen molar-refractivity contribution in [2.75, 3.05) is 5.32 Å². The maximum absolute atomic E-state index is 9.62. The highest BCUT2D eigenvalue weighted by Crippen LogP contribution is 2.35. The molecule has 0 radical (unpaired) electrons. The number of rotatable bonds is 1. The van der Waals surface area contributed by atoms with E-state index in [1.807, 2.05) is 60.0 Å². The Kier molecular flexibility index (Phi) is 2.93. The summed E-state index contributed by atoms with van der Waals surface area (Å²) in [5, 5.41) is 12.9. The minimum Gasteiger partial charge on any atom is -0.324 e. The molecule has 2 heterocycles. The maximum atomic E-state index is 9.62. The van der Waals surface area contributed by atoms with Crippen LogP contribution in [0.15, 0.2) is 54.1 Å². The van der Waals surface area contributed by atoms with E-state index in [1.54, 1.807) is 0 Å². The van der Waals surface area contributed by atoms with E-state index in [0.717, 1.165) is 22.3 Å². The Labute approximate surface area is 133 Å². The predicted octanol–water partition coefficient (Wildman–Crippen LogP) is 3.16. The lowest BCUT2D eigenvalue weighted by molar-refractivity contribution is 0.628. The van der Waals surface area contributed by atoms with E-state index >= 15 is 0 Å². The van der Waals surface area contributed by atoms with Crippen molar-refractivity contribution in [2.45, 2.75) is 13.1 Å². The number of nitrogens with one attached hydrogen (secondary N) is 1. The molecule has 112 valence electrons. The number of nitrogens with zero attached hydrogens (tertiary/aromatic N) is 3. The average molecular weight is 301 g/mol. The second-order valence-electron chi connectivity index (χ2n) is 5.63. The Bertz CT molecular complexity index is 973. The molecule has 0 amide bonds. The molecule has 5 nitrogen and oxygen atoms in total. The van der Waals surface area contributed by atoms with Crippen LogP contribution in [-0.4, -0.2) is 9.55 Å². The third-order valence-corrected chi connectivity index (χ3v) is 4.14. The first-order valence-electron chi connectivity index (χ1n) is 7.40. The van der Waals surface area contributed by atoms with Crippen molar-refractivity contribution in [3.63, 3.8) is 0 Å². The van der Waals surface area contributed by atoms with Crippen LogP contribution in [0.1, 0.15) is 17.3 Å². The molecular formula is C18H15N5. The summed E-state index contributed by atoms with van der Waals surface area (Å²) in [5.41, 5.74) is 11.5. The first-order chi connectivity index (χ1) is 11.2. The van der Waals surface area contributed by atoms with Crippen molar-refractivity contribution < 1.29 is 0 Å². The van der Waals surface area contributed by atoms with Crippen LogP contribution < -0.4 is 11.1 Å². The van der Waals surface area contributed by atoms with Crippen LogP contribution in [-0.2, 0) is 0 Å². The second kappa shape index (κ2) is 4.97. The van der Waals surface area contributed by atoms with Crippen molar-refractivity contribution in [2.24, 2.45) is 5.73 Å². The van der Waals surface area contributed by atoms with Crippen molar-refractivity contribution in [3.05, 3.63) is 65.2 Å². The summed E-state index contributed by atoms with van der Waals surface area (Å²) in [6, 6.07) is 18.0. The quantitative estimate of drug-likeness (QED) is 0.723. The Morgan fingerprint density at radius 1 is 1.17 bits per heavy atom. The number of hydrogen-bond donors (Lipinski definition) is 2. The van der Waals surface area contributed by atoms with E-state index < -0.39 is 6.17 Å². The molecule has 23 heavy (non-hydrogen) atoms. The lowest BCUT2D eigenvalue weighted by Crippen LogP contribution is -2.28. The van der Waals surface area contributed by atoms with Gasteiger partial charge in [-0.1, -0.05) is 42.0 Å².